The van der Waals surface area contributed by atoms with Gasteiger partial charge in [0.05, 0.1) is 22.3 Å². The van der Waals surface area contributed by atoms with Gasteiger partial charge < -0.3 is 15.7 Å². The van der Waals surface area contributed by atoms with Gasteiger partial charge in [-0.3, -0.25) is 23.8 Å². The van der Waals surface area contributed by atoms with Crippen LogP contribution < -0.4 is 10.6 Å². The van der Waals surface area contributed by atoms with Gasteiger partial charge >= 0.3 is 16.4 Å². The van der Waals surface area contributed by atoms with Gasteiger partial charge in [-0.15, -0.1) is 23.7 Å². The number of nitrogens with one attached hydrogen (secondary N) is 2. The Hall–Kier alpha value is -2.13. The van der Waals surface area contributed by atoms with Crippen molar-refractivity contribution < 1.29 is 27.4 Å². The first-order valence-electron chi connectivity index (χ1n) is 11.4. The Morgan fingerprint density at radius 1 is 1.05 bits per heavy atom. The van der Waals surface area contributed by atoms with Crippen LogP contribution in [0.2, 0.25) is 15.1 Å². The van der Waals surface area contributed by atoms with E-state index in [0.29, 0.717) is 32.9 Å². The average molecular weight is 672 g/mol. The SMILES string of the molecule is Cl.Clc1cccc(Cl)c1NC1=NCCN1.O=C(O)[C@H](c1ccccc1Cl)N1CCc2sccc2C1.O=S(=O)(O)O. The molecule has 0 aliphatic carbocycles. The van der Waals surface area contributed by atoms with Crippen molar-refractivity contribution in [1.29, 1.82) is 0 Å². The van der Waals surface area contributed by atoms with E-state index in [4.69, 9.17) is 52.3 Å². The summed E-state index contributed by atoms with van der Waals surface area (Å²) >= 11 is 19.9. The standard InChI is InChI=1S/C15H14ClNO2S.C9H9Cl2N3.ClH.H2O4S/c16-12-4-2-1-3-11(12)14(15(18)19)17-7-5-13-10(9-17)6-8-20-13;10-6-2-1-3-7(11)8(6)14-9-12-4-5-13-9;;1-5(2,3)4/h1-4,6,8,14H,5,7,9H2,(H,18,19);1-3H,4-5H2,(H2,12,13,14);1H;(H2,1,2,3,4)/t14-;;;/m0.../s1. The van der Waals surface area contributed by atoms with Gasteiger partial charge in [0.1, 0.15) is 6.04 Å². The number of fused-ring (bicyclic) bond motifs is 1. The number of benzene rings is 2. The summed E-state index contributed by atoms with van der Waals surface area (Å²) < 4.78 is 31.6. The van der Waals surface area contributed by atoms with Crippen LogP contribution in [0.5, 0.6) is 0 Å². The zero-order valence-electron chi connectivity index (χ0n) is 20.6. The van der Waals surface area contributed by atoms with E-state index in [1.165, 1.54) is 10.4 Å². The highest BCUT2D eigenvalue weighted by Gasteiger charge is 2.31. The zero-order chi connectivity index (χ0) is 28.6. The summed E-state index contributed by atoms with van der Waals surface area (Å²) in [7, 11) is -4.67. The molecular formula is C24H26Cl4N4O6S2. The molecule has 5 rings (SSSR count). The topological polar surface area (TPSA) is 152 Å². The maximum Gasteiger partial charge on any atom is 0.394 e. The highest BCUT2D eigenvalue weighted by atomic mass is 35.5. The first-order valence-corrected chi connectivity index (χ1v) is 14.8. The predicted octanol–water partition coefficient (Wildman–Crippen LogP) is 5.72. The first-order chi connectivity index (χ1) is 18.4. The molecule has 5 N–H and O–H groups in total. The van der Waals surface area contributed by atoms with Crippen LogP contribution in [0.3, 0.4) is 0 Å². The van der Waals surface area contributed by atoms with E-state index in [2.05, 4.69) is 27.1 Å². The van der Waals surface area contributed by atoms with E-state index in [-0.39, 0.29) is 12.4 Å². The molecule has 40 heavy (non-hydrogen) atoms. The molecule has 3 heterocycles. The fraction of sp³-hybridized carbons (Fsp3) is 0.250. The first kappa shape index (κ1) is 34.1. The normalized spacial score (nSPS) is 15.0. The molecule has 218 valence electrons. The molecule has 1 aromatic heterocycles. The van der Waals surface area contributed by atoms with Crippen LogP contribution in [0.1, 0.15) is 22.0 Å². The van der Waals surface area contributed by atoms with Gasteiger partial charge in [0.2, 0.25) is 0 Å². The van der Waals surface area contributed by atoms with Crippen LogP contribution in [0.25, 0.3) is 0 Å². The summed E-state index contributed by atoms with van der Waals surface area (Å²) in [5.74, 6) is -0.128. The number of hydrogen-bond donors (Lipinski definition) is 5. The minimum Gasteiger partial charge on any atom is -0.480 e. The lowest BCUT2D eigenvalue weighted by atomic mass is 10.0. The third-order valence-corrected chi connectivity index (χ3v) is 7.51. The van der Waals surface area contributed by atoms with Crippen molar-refractivity contribution in [3.8, 4) is 0 Å². The van der Waals surface area contributed by atoms with E-state index in [1.54, 1.807) is 41.7 Å². The number of carboxylic acids is 1. The number of hydrogen-bond acceptors (Lipinski definition) is 8. The Balaban J connectivity index is 0.000000245. The molecule has 0 saturated carbocycles. The minimum absolute atomic E-state index is 0. The lowest BCUT2D eigenvalue weighted by Crippen LogP contribution is -2.37. The van der Waals surface area contributed by atoms with Crippen molar-refractivity contribution in [2.45, 2.75) is 19.0 Å². The largest absolute Gasteiger partial charge is 0.480 e. The number of thiophene rings is 1. The summed E-state index contributed by atoms with van der Waals surface area (Å²) in [6, 6.07) is 14.0. The number of carbonyl (C=O) groups is 1. The van der Waals surface area contributed by atoms with Crippen molar-refractivity contribution in [3.63, 3.8) is 0 Å². The fourth-order valence-corrected chi connectivity index (χ4v) is 5.51. The molecular weight excluding hydrogens is 646 g/mol. The van der Waals surface area contributed by atoms with Gasteiger partial charge in [-0.25, -0.2) is 0 Å². The van der Waals surface area contributed by atoms with Crippen molar-refractivity contribution in [1.82, 2.24) is 10.2 Å². The Morgan fingerprint density at radius 2 is 1.68 bits per heavy atom. The molecule has 0 spiro atoms. The Morgan fingerprint density at radius 3 is 2.25 bits per heavy atom. The molecule has 0 bridgehead atoms. The summed E-state index contributed by atoms with van der Waals surface area (Å²) in [5.41, 5.74) is 2.60. The van der Waals surface area contributed by atoms with Gasteiger partial charge in [-0.05, 0) is 47.2 Å². The maximum atomic E-state index is 11.7. The summed E-state index contributed by atoms with van der Waals surface area (Å²) in [6.07, 6.45) is 0.904. The summed E-state index contributed by atoms with van der Waals surface area (Å²) in [6.45, 7) is 3.05. The van der Waals surface area contributed by atoms with Crippen LogP contribution in [-0.2, 0) is 28.2 Å². The summed E-state index contributed by atoms with van der Waals surface area (Å²) in [4.78, 5) is 19.2. The number of aliphatic imine (C=N–C) groups is 1. The van der Waals surface area contributed by atoms with E-state index < -0.39 is 22.4 Å². The number of para-hydroxylation sites is 1. The minimum atomic E-state index is -4.67. The van der Waals surface area contributed by atoms with Crippen LogP contribution in [0.15, 0.2) is 58.9 Å². The fourth-order valence-electron chi connectivity index (χ4n) is 3.89. The predicted molar refractivity (Wildman–Crippen MR) is 162 cm³/mol. The van der Waals surface area contributed by atoms with Gasteiger partial charge in [-0.1, -0.05) is 59.1 Å². The van der Waals surface area contributed by atoms with E-state index in [9.17, 15) is 9.90 Å². The smallest absolute Gasteiger partial charge is 0.394 e. The number of rotatable bonds is 4. The molecule has 2 aliphatic rings. The van der Waals surface area contributed by atoms with Crippen LogP contribution >= 0.6 is 58.5 Å². The summed E-state index contributed by atoms with van der Waals surface area (Å²) in [5, 5.41) is 19.5. The van der Waals surface area contributed by atoms with Gasteiger partial charge in [0.15, 0.2) is 5.96 Å². The molecule has 2 aromatic carbocycles. The Labute approximate surface area is 257 Å². The lowest BCUT2D eigenvalue weighted by Gasteiger charge is -2.32. The molecule has 1 atom stereocenters. The van der Waals surface area contributed by atoms with Crippen molar-refractivity contribution in [2.75, 3.05) is 25.0 Å². The molecule has 3 aromatic rings. The molecule has 0 unspecified atom stereocenters. The second-order valence-corrected chi connectivity index (χ2v) is 11.3. The lowest BCUT2D eigenvalue weighted by molar-refractivity contribution is -0.144. The van der Waals surface area contributed by atoms with E-state index in [1.807, 2.05) is 17.0 Å². The molecule has 0 radical (unpaired) electrons. The number of aliphatic carboxylic acids is 1. The third-order valence-electron chi connectivity index (χ3n) is 5.52. The Bertz CT molecular complexity index is 1410. The van der Waals surface area contributed by atoms with Crippen LogP contribution in [0.4, 0.5) is 5.69 Å². The van der Waals surface area contributed by atoms with Gasteiger partial charge in [-0.2, -0.15) is 8.42 Å². The Kier molecular flexibility index (Phi) is 13.4. The number of halogens is 4. The highest BCUT2D eigenvalue weighted by molar-refractivity contribution is 7.79. The average Bonchev–Trinajstić information content (AvgIpc) is 3.54. The van der Waals surface area contributed by atoms with Gasteiger partial charge in [0, 0.05) is 29.5 Å². The van der Waals surface area contributed by atoms with Crippen molar-refractivity contribution >= 4 is 86.6 Å². The number of anilines is 1. The van der Waals surface area contributed by atoms with E-state index >= 15 is 0 Å². The maximum absolute atomic E-state index is 11.7. The molecule has 2 aliphatic heterocycles. The van der Waals surface area contributed by atoms with Gasteiger partial charge in [0.25, 0.3) is 0 Å². The number of guanidine groups is 1. The van der Waals surface area contributed by atoms with Crippen molar-refractivity contribution in [2.24, 2.45) is 4.99 Å². The zero-order valence-corrected chi connectivity index (χ0v) is 25.3. The van der Waals surface area contributed by atoms with E-state index in [0.717, 1.165) is 32.0 Å². The second kappa shape index (κ2) is 15.8. The monoisotopic (exact) mass is 670 g/mol. The quantitative estimate of drug-likeness (QED) is 0.219. The van der Waals surface area contributed by atoms with Crippen LogP contribution in [-0.4, -0.2) is 59.1 Å². The van der Waals surface area contributed by atoms with Crippen molar-refractivity contribution in [3.05, 3.63) is 85.0 Å². The molecule has 0 saturated heterocycles. The number of nitrogens with zero attached hydrogens (tertiary/aromatic N) is 2. The van der Waals surface area contributed by atoms with Crippen LogP contribution in [0, 0.1) is 0 Å². The molecule has 0 amide bonds. The second-order valence-electron chi connectivity index (χ2n) is 8.18. The molecule has 10 nitrogen and oxygen atoms in total. The molecule has 0 fully saturated rings. The molecule has 16 heteroatoms. The number of carboxylic acid groups (broad SMARTS) is 1. The third kappa shape index (κ3) is 10.4. The highest BCUT2D eigenvalue weighted by Crippen LogP contribution is 2.33.